The number of ether oxygens (including phenoxy) is 1. The van der Waals surface area contributed by atoms with Crippen molar-refractivity contribution in [2.45, 2.75) is 43.8 Å². The van der Waals surface area contributed by atoms with E-state index in [1.807, 2.05) is 42.5 Å². The lowest BCUT2D eigenvalue weighted by atomic mass is 10.1. The van der Waals surface area contributed by atoms with Crippen LogP contribution in [0.25, 0.3) is 5.69 Å². The van der Waals surface area contributed by atoms with Gasteiger partial charge in [-0.2, -0.15) is 0 Å². The van der Waals surface area contributed by atoms with Crippen LogP contribution in [0.2, 0.25) is 0 Å². The summed E-state index contributed by atoms with van der Waals surface area (Å²) in [5.41, 5.74) is 2.18. The maximum atomic E-state index is 12.5. The average Bonchev–Trinajstić information content (AvgIpc) is 3.32. The van der Waals surface area contributed by atoms with Crippen LogP contribution in [0.4, 0.5) is 0 Å². The van der Waals surface area contributed by atoms with Gasteiger partial charge in [-0.15, -0.1) is 10.2 Å². The summed E-state index contributed by atoms with van der Waals surface area (Å²) in [7, 11) is 1.66. The first kappa shape index (κ1) is 24.3. The van der Waals surface area contributed by atoms with Gasteiger partial charge in [0.1, 0.15) is 5.75 Å². The largest absolute Gasteiger partial charge is 0.497 e. The van der Waals surface area contributed by atoms with Crippen molar-refractivity contribution in [3.63, 3.8) is 0 Å². The number of rotatable bonds is 10. The Morgan fingerprint density at radius 3 is 2.50 bits per heavy atom. The van der Waals surface area contributed by atoms with E-state index in [1.165, 1.54) is 36.6 Å². The maximum absolute atomic E-state index is 12.5. The quantitative estimate of drug-likeness (QED) is 0.438. The second-order valence-corrected chi connectivity index (χ2v) is 9.46. The summed E-state index contributed by atoms with van der Waals surface area (Å²) in [5, 5.41) is 12.8. The molecule has 0 radical (unpaired) electrons. The number of thioether (sulfide) groups is 1. The van der Waals surface area contributed by atoms with Crippen molar-refractivity contribution in [1.82, 2.24) is 25.0 Å². The van der Waals surface area contributed by atoms with Crippen molar-refractivity contribution < 1.29 is 9.53 Å². The van der Waals surface area contributed by atoms with Crippen molar-refractivity contribution in [3.05, 3.63) is 66.0 Å². The minimum atomic E-state index is -0.00385. The fourth-order valence-corrected chi connectivity index (χ4v) is 5.05. The molecule has 2 aromatic carbocycles. The Kier molecular flexibility index (Phi) is 8.60. The fraction of sp³-hybridized carbons (Fsp3) is 0.423. The molecule has 1 aliphatic rings. The van der Waals surface area contributed by atoms with Gasteiger partial charge in [0.15, 0.2) is 11.0 Å². The molecule has 7 nitrogen and oxygen atoms in total. The van der Waals surface area contributed by atoms with Gasteiger partial charge in [-0.05, 0) is 69.1 Å². The van der Waals surface area contributed by atoms with Crippen LogP contribution in [0, 0.1) is 0 Å². The normalized spacial score (nSPS) is 15.1. The monoisotopic (exact) mass is 479 g/mol. The molecular formula is C26H33N5O2S. The Labute approximate surface area is 205 Å². The number of carbonyl (C=O) groups excluding carboxylic acids is 1. The van der Waals surface area contributed by atoms with Gasteiger partial charge in [0.2, 0.25) is 5.91 Å². The number of carbonyl (C=O) groups is 1. The lowest BCUT2D eigenvalue weighted by Gasteiger charge is -2.31. The molecule has 1 N–H and O–H groups in total. The minimum Gasteiger partial charge on any atom is -0.497 e. The summed E-state index contributed by atoms with van der Waals surface area (Å²) in [4.78, 5) is 15.0. The molecule has 1 atom stereocenters. The third kappa shape index (κ3) is 6.18. The summed E-state index contributed by atoms with van der Waals surface area (Å²) in [6.45, 7) is 4.96. The van der Waals surface area contributed by atoms with Crippen LogP contribution in [0.1, 0.15) is 43.6 Å². The maximum Gasteiger partial charge on any atom is 0.230 e. The van der Waals surface area contributed by atoms with Crippen LogP contribution in [0.15, 0.2) is 59.8 Å². The van der Waals surface area contributed by atoms with E-state index in [0.29, 0.717) is 12.3 Å². The third-order valence-electron chi connectivity index (χ3n) is 6.21. The Morgan fingerprint density at radius 2 is 1.79 bits per heavy atom. The van der Waals surface area contributed by atoms with E-state index in [-0.39, 0.29) is 11.9 Å². The summed E-state index contributed by atoms with van der Waals surface area (Å²) in [5.74, 6) is 1.99. The predicted octanol–water partition coefficient (Wildman–Crippen LogP) is 4.27. The summed E-state index contributed by atoms with van der Waals surface area (Å²) < 4.78 is 7.42. The molecule has 0 saturated carbocycles. The molecule has 34 heavy (non-hydrogen) atoms. The number of methoxy groups -OCH3 is 1. The van der Waals surface area contributed by atoms with Gasteiger partial charge in [-0.25, -0.2) is 0 Å². The van der Waals surface area contributed by atoms with Gasteiger partial charge < -0.3 is 10.1 Å². The van der Waals surface area contributed by atoms with Gasteiger partial charge in [-0.3, -0.25) is 14.3 Å². The molecule has 1 fully saturated rings. The molecule has 180 valence electrons. The second-order valence-electron chi connectivity index (χ2n) is 8.52. The fourth-order valence-electron chi connectivity index (χ4n) is 4.26. The molecule has 1 unspecified atom stereocenters. The first-order valence-corrected chi connectivity index (χ1v) is 12.9. The van der Waals surface area contributed by atoms with Crippen LogP contribution >= 0.6 is 11.8 Å². The topological polar surface area (TPSA) is 72.3 Å². The molecule has 1 aliphatic heterocycles. The Balaban J connectivity index is 1.46. The number of nitrogens with one attached hydrogen (secondary N) is 1. The molecule has 0 spiro atoms. The molecule has 0 aliphatic carbocycles. The lowest BCUT2D eigenvalue weighted by Crippen LogP contribution is -2.33. The average molecular weight is 480 g/mol. The van der Waals surface area contributed by atoms with Gasteiger partial charge in [0, 0.05) is 12.2 Å². The van der Waals surface area contributed by atoms with E-state index in [4.69, 9.17) is 4.74 Å². The minimum absolute atomic E-state index is 0.00385. The molecule has 1 saturated heterocycles. The van der Waals surface area contributed by atoms with Gasteiger partial charge >= 0.3 is 0 Å². The first-order chi connectivity index (χ1) is 16.7. The van der Waals surface area contributed by atoms with E-state index in [2.05, 4.69) is 44.0 Å². The zero-order valence-electron chi connectivity index (χ0n) is 19.9. The molecular weight excluding hydrogens is 446 g/mol. The number of amides is 1. The Bertz CT molecular complexity index is 1050. The zero-order chi connectivity index (χ0) is 23.8. The predicted molar refractivity (Wildman–Crippen MR) is 136 cm³/mol. The van der Waals surface area contributed by atoms with E-state index in [1.54, 1.807) is 7.11 Å². The van der Waals surface area contributed by atoms with Crippen LogP contribution in [-0.2, 0) is 11.2 Å². The second kappa shape index (κ2) is 12.0. The zero-order valence-corrected chi connectivity index (χ0v) is 20.8. The van der Waals surface area contributed by atoms with Crippen LogP contribution in [-0.4, -0.2) is 58.1 Å². The van der Waals surface area contributed by atoms with Crippen molar-refractivity contribution >= 4 is 17.7 Å². The standard InChI is InChI=1S/C26H33N5O2S/c1-20(30-17-7-4-8-18-30)25-28-29-26(31(25)22-11-13-23(33-2)14-12-22)34-19-24(32)27-16-15-21-9-5-3-6-10-21/h3,5-6,9-14,20H,4,7-8,15-19H2,1-2H3,(H,27,32). The van der Waals surface area contributed by atoms with Crippen molar-refractivity contribution in [2.24, 2.45) is 0 Å². The van der Waals surface area contributed by atoms with Crippen LogP contribution in [0.5, 0.6) is 5.75 Å². The third-order valence-corrected chi connectivity index (χ3v) is 7.14. The van der Waals surface area contributed by atoms with Gasteiger partial charge in [0.05, 0.1) is 18.9 Å². The molecule has 1 aromatic heterocycles. The number of hydrogen-bond donors (Lipinski definition) is 1. The van der Waals surface area contributed by atoms with Crippen LogP contribution < -0.4 is 10.1 Å². The first-order valence-electron chi connectivity index (χ1n) is 11.9. The van der Waals surface area contributed by atoms with E-state index >= 15 is 0 Å². The highest BCUT2D eigenvalue weighted by atomic mass is 32.2. The van der Waals surface area contributed by atoms with Gasteiger partial charge in [0.25, 0.3) is 0 Å². The molecule has 0 bridgehead atoms. The molecule has 2 heterocycles. The summed E-state index contributed by atoms with van der Waals surface area (Å²) in [6, 6.07) is 18.2. The summed E-state index contributed by atoms with van der Waals surface area (Å²) >= 11 is 1.42. The number of piperidine rings is 1. The number of aromatic nitrogens is 3. The number of hydrogen-bond acceptors (Lipinski definition) is 6. The highest BCUT2D eigenvalue weighted by molar-refractivity contribution is 7.99. The number of benzene rings is 2. The van der Waals surface area contributed by atoms with E-state index in [0.717, 1.165) is 41.9 Å². The van der Waals surface area contributed by atoms with Gasteiger partial charge in [-0.1, -0.05) is 48.5 Å². The van der Waals surface area contributed by atoms with Crippen molar-refractivity contribution in [1.29, 1.82) is 0 Å². The smallest absolute Gasteiger partial charge is 0.230 e. The molecule has 4 rings (SSSR count). The molecule has 8 heteroatoms. The SMILES string of the molecule is COc1ccc(-n2c(SCC(=O)NCCc3ccccc3)nnc2C(C)N2CCCCC2)cc1. The lowest BCUT2D eigenvalue weighted by molar-refractivity contribution is -0.118. The highest BCUT2D eigenvalue weighted by Crippen LogP contribution is 2.30. The Hall–Kier alpha value is -2.84. The van der Waals surface area contributed by atoms with Crippen molar-refractivity contribution in [2.75, 3.05) is 32.5 Å². The van der Waals surface area contributed by atoms with E-state index in [9.17, 15) is 4.79 Å². The number of nitrogens with zero attached hydrogens (tertiary/aromatic N) is 4. The Morgan fingerprint density at radius 1 is 1.06 bits per heavy atom. The molecule has 3 aromatic rings. The molecule has 1 amide bonds. The van der Waals surface area contributed by atoms with Crippen molar-refractivity contribution in [3.8, 4) is 11.4 Å². The summed E-state index contributed by atoms with van der Waals surface area (Å²) in [6.07, 6.45) is 4.53. The van der Waals surface area contributed by atoms with E-state index < -0.39 is 0 Å². The number of likely N-dealkylation sites (tertiary alicyclic amines) is 1. The highest BCUT2D eigenvalue weighted by Gasteiger charge is 2.25. The van der Waals surface area contributed by atoms with Crippen LogP contribution in [0.3, 0.4) is 0 Å².